The van der Waals surface area contributed by atoms with Gasteiger partial charge in [-0.1, -0.05) is 32.9 Å². The van der Waals surface area contributed by atoms with E-state index in [2.05, 4.69) is 41.8 Å². The molecule has 1 saturated heterocycles. The average Bonchev–Trinajstić information content (AvgIpc) is 3.25. The smallest absolute Gasteiger partial charge is 0.241 e. The van der Waals surface area contributed by atoms with Crippen molar-refractivity contribution in [1.29, 1.82) is 0 Å². The third-order valence-electron chi connectivity index (χ3n) is 6.61. The van der Waals surface area contributed by atoms with Gasteiger partial charge in [-0.3, -0.25) is 9.69 Å². The van der Waals surface area contributed by atoms with Crippen molar-refractivity contribution >= 4 is 27.3 Å². The van der Waals surface area contributed by atoms with Crippen LogP contribution in [0.25, 0.3) is 0 Å². The molecule has 0 saturated carbocycles. The molecule has 1 N–H and O–H groups in total. The van der Waals surface area contributed by atoms with Gasteiger partial charge in [0, 0.05) is 37.1 Å². The molecule has 0 bridgehead atoms. The zero-order valence-corrected chi connectivity index (χ0v) is 20.8. The molecule has 0 unspecified atom stereocenters. The lowest BCUT2D eigenvalue weighted by molar-refractivity contribution is -0.131. The van der Waals surface area contributed by atoms with Crippen LogP contribution in [0.15, 0.2) is 40.6 Å². The van der Waals surface area contributed by atoms with Gasteiger partial charge in [0.2, 0.25) is 15.9 Å². The van der Waals surface area contributed by atoms with Crippen LogP contribution in [0.2, 0.25) is 0 Å². The van der Waals surface area contributed by atoms with Crippen molar-refractivity contribution in [2.45, 2.75) is 62.9 Å². The van der Waals surface area contributed by atoms with Gasteiger partial charge in [0.1, 0.15) is 0 Å². The molecule has 2 aliphatic rings. The van der Waals surface area contributed by atoms with E-state index in [9.17, 15) is 13.2 Å². The second-order valence-corrected chi connectivity index (χ2v) is 12.6. The number of carbonyl (C=O) groups is 1. The van der Waals surface area contributed by atoms with Crippen LogP contribution in [0.5, 0.6) is 0 Å². The lowest BCUT2D eigenvalue weighted by atomic mass is 9.87. The third-order valence-corrected chi connectivity index (χ3v) is 9.05. The Hall–Kier alpha value is -1.74. The molecule has 174 valence electrons. The Morgan fingerprint density at radius 2 is 1.78 bits per heavy atom. The molecule has 0 radical (unpaired) electrons. The Morgan fingerprint density at radius 1 is 1.09 bits per heavy atom. The molecule has 2 aromatic rings. The molecule has 1 aromatic heterocycles. The second-order valence-electron chi connectivity index (χ2n) is 9.80. The fourth-order valence-corrected chi connectivity index (χ4v) is 6.41. The van der Waals surface area contributed by atoms with Gasteiger partial charge in [0.05, 0.1) is 11.4 Å². The number of hydrogen-bond donors (Lipinski definition) is 1. The lowest BCUT2D eigenvalue weighted by Gasteiger charge is -2.40. The first kappa shape index (κ1) is 23.4. The molecular weight excluding hydrogens is 442 g/mol. The lowest BCUT2D eigenvalue weighted by Crippen LogP contribution is -2.49. The van der Waals surface area contributed by atoms with Gasteiger partial charge >= 0.3 is 0 Å². The first-order valence-corrected chi connectivity index (χ1v) is 13.7. The molecule has 3 heterocycles. The van der Waals surface area contributed by atoms with Gasteiger partial charge in [-0.15, -0.1) is 11.3 Å². The van der Waals surface area contributed by atoms with E-state index in [-0.39, 0.29) is 22.8 Å². The van der Waals surface area contributed by atoms with Crippen molar-refractivity contribution in [3.05, 3.63) is 51.7 Å². The molecule has 1 amide bonds. The summed E-state index contributed by atoms with van der Waals surface area (Å²) in [5.41, 5.74) is 2.47. The minimum atomic E-state index is -3.71. The van der Waals surface area contributed by atoms with Gasteiger partial charge in [0.15, 0.2) is 0 Å². The summed E-state index contributed by atoms with van der Waals surface area (Å²) in [6.45, 7) is 9.50. The van der Waals surface area contributed by atoms with E-state index in [4.69, 9.17) is 0 Å². The van der Waals surface area contributed by atoms with Crippen molar-refractivity contribution in [3.63, 3.8) is 0 Å². The molecular formula is C24H33N3O3S2. The van der Waals surface area contributed by atoms with Gasteiger partial charge in [-0.05, 0) is 59.4 Å². The highest BCUT2D eigenvalue weighted by Gasteiger charge is 2.29. The fourth-order valence-electron chi connectivity index (χ4n) is 4.55. The zero-order valence-electron chi connectivity index (χ0n) is 19.1. The van der Waals surface area contributed by atoms with E-state index in [1.807, 2.05) is 23.5 Å². The first-order valence-electron chi connectivity index (χ1n) is 11.3. The van der Waals surface area contributed by atoms with E-state index in [1.165, 1.54) is 10.4 Å². The third kappa shape index (κ3) is 5.25. The number of hydrogen-bond acceptors (Lipinski definition) is 5. The highest BCUT2D eigenvalue weighted by molar-refractivity contribution is 7.89. The molecule has 0 spiro atoms. The quantitative estimate of drug-likeness (QED) is 0.720. The van der Waals surface area contributed by atoms with E-state index < -0.39 is 10.0 Å². The molecule has 0 atom stereocenters. The van der Waals surface area contributed by atoms with Crippen molar-refractivity contribution in [2.24, 2.45) is 0 Å². The first-order chi connectivity index (χ1) is 15.1. The molecule has 4 rings (SSSR count). The van der Waals surface area contributed by atoms with Crippen LogP contribution < -0.4 is 4.72 Å². The number of rotatable bonds is 5. The van der Waals surface area contributed by atoms with E-state index in [0.717, 1.165) is 37.9 Å². The fraction of sp³-hybridized carbons (Fsp3) is 0.542. The van der Waals surface area contributed by atoms with Crippen LogP contribution in [0.3, 0.4) is 0 Å². The van der Waals surface area contributed by atoms with Crippen molar-refractivity contribution in [1.82, 2.24) is 14.5 Å². The zero-order chi connectivity index (χ0) is 22.9. The largest absolute Gasteiger partial charge is 0.341 e. The predicted octanol–water partition coefficient (Wildman–Crippen LogP) is 3.37. The SMILES string of the molecule is CC(C)(C)c1ccc(S(=O)(=O)NCC(=O)N2CCC(N3CCc4sccc4C3)CC2)cc1. The maximum absolute atomic E-state index is 12.7. The summed E-state index contributed by atoms with van der Waals surface area (Å²) in [6.07, 6.45) is 2.99. The normalized spacial score (nSPS) is 18.5. The number of likely N-dealkylation sites (tertiary alicyclic amines) is 1. The monoisotopic (exact) mass is 475 g/mol. The van der Waals surface area contributed by atoms with Gasteiger partial charge in [0.25, 0.3) is 0 Å². The summed E-state index contributed by atoms with van der Waals surface area (Å²) in [4.78, 5) is 18.7. The molecule has 1 aromatic carbocycles. The highest BCUT2D eigenvalue weighted by atomic mass is 32.2. The van der Waals surface area contributed by atoms with E-state index >= 15 is 0 Å². The second kappa shape index (κ2) is 9.25. The van der Waals surface area contributed by atoms with Crippen LogP contribution in [-0.2, 0) is 33.2 Å². The summed E-state index contributed by atoms with van der Waals surface area (Å²) in [7, 11) is -3.71. The summed E-state index contributed by atoms with van der Waals surface area (Å²) in [5, 5.41) is 2.18. The number of fused-ring (bicyclic) bond motifs is 1. The van der Waals surface area contributed by atoms with E-state index in [0.29, 0.717) is 19.1 Å². The number of piperidine rings is 1. The van der Waals surface area contributed by atoms with Gasteiger partial charge in [-0.2, -0.15) is 0 Å². The number of carbonyl (C=O) groups excluding carboxylic acids is 1. The average molecular weight is 476 g/mol. The molecule has 0 aliphatic carbocycles. The van der Waals surface area contributed by atoms with Crippen LogP contribution in [0.4, 0.5) is 0 Å². The molecule has 2 aliphatic heterocycles. The van der Waals surface area contributed by atoms with Crippen LogP contribution >= 0.6 is 11.3 Å². The summed E-state index contributed by atoms with van der Waals surface area (Å²) in [6, 6.07) is 9.60. The summed E-state index contributed by atoms with van der Waals surface area (Å²) < 4.78 is 27.7. The summed E-state index contributed by atoms with van der Waals surface area (Å²) >= 11 is 1.85. The Balaban J connectivity index is 1.27. The van der Waals surface area contributed by atoms with Gasteiger partial charge < -0.3 is 4.90 Å². The van der Waals surface area contributed by atoms with Gasteiger partial charge in [-0.25, -0.2) is 13.1 Å². The van der Waals surface area contributed by atoms with Crippen molar-refractivity contribution in [2.75, 3.05) is 26.2 Å². The number of amides is 1. The Kier molecular flexibility index (Phi) is 6.77. The maximum Gasteiger partial charge on any atom is 0.241 e. The molecule has 32 heavy (non-hydrogen) atoms. The molecule has 1 fully saturated rings. The van der Waals surface area contributed by atoms with Crippen LogP contribution in [0.1, 0.15) is 49.6 Å². The number of benzene rings is 1. The van der Waals surface area contributed by atoms with Crippen molar-refractivity contribution < 1.29 is 13.2 Å². The Morgan fingerprint density at radius 3 is 2.44 bits per heavy atom. The molecule has 8 heteroatoms. The Bertz CT molecular complexity index is 1050. The van der Waals surface area contributed by atoms with E-state index in [1.54, 1.807) is 17.0 Å². The Labute approximate surface area is 195 Å². The number of nitrogens with one attached hydrogen (secondary N) is 1. The van der Waals surface area contributed by atoms with Crippen LogP contribution in [-0.4, -0.2) is 56.3 Å². The van der Waals surface area contributed by atoms with Crippen molar-refractivity contribution in [3.8, 4) is 0 Å². The van der Waals surface area contributed by atoms with Crippen LogP contribution in [0, 0.1) is 0 Å². The number of sulfonamides is 1. The standard InChI is InChI=1S/C24H33N3O3S2/c1-24(2,3)19-4-6-21(7-5-19)32(29,30)25-16-23(28)26-12-8-20(9-13-26)27-14-10-22-18(17-27)11-15-31-22/h4-7,11,15,20,25H,8-10,12-14,16-17H2,1-3H3. The molecule has 6 nitrogen and oxygen atoms in total. The topological polar surface area (TPSA) is 69.7 Å². The summed E-state index contributed by atoms with van der Waals surface area (Å²) in [5.74, 6) is -0.155. The minimum absolute atomic E-state index is 0.0436. The maximum atomic E-state index is 12.7. The number of thiophene rings is 1. The minimum Gasteiger partial charge on any atom is -0.341 e. The number of nitrogens with zero attached hydrogens (tertiary/aromatic N) is 2. The highest BCUT2D eigenvalue weighted by Crippen LogP contribution is 2.28. The predicted molar refractivity (Wildman–Crippen MR) is 128 cm³/mol.